The quantitative estimate of drug-likeness (QED) is 0.735. The van der Waals surface area contributed by atoms with Crippen LogP contribution in [0.4, 0.5) is 11.5 Å². The Hall–Kier alpha value is -2.57. The molecule has 0 saturated carbocycles. The number of nitrogens with zero attached hydrogens (tertiary/aromatic N) is 2. The minimum Gasteiger partial charge on any atom is -0.382 e. The average Bonchev–Trinajstić information content (AvgIpc) is 2.59. The van der Waals surface area contributed by atoms with E-state index in [-0.39, 0.29) is 11.5 Å². The van der Waals surface area contributed by atoms with Gasteiger partial charge in [0, 0.05) is 27.9 Å². The monoisotopic (exact) mass is 356 g/mol. The van der Waals surface area contributed by atoms with Gasteiger partial charge in [-0.25, -0.2) is 9.97 Å². The smallest absolute Gasteiger partial charge is 0.278 e. The Kier molecular flexibility index (Phi) is 4.98. The van der Waals surface area contributed by atoms with Crippen LogP contribution in [0.25, 0.3) is 0 Å². The molecule has 1 aromatic heterocycles. The van der Waals surface area contributed by atoms with Gasteiger partial charge in [0.25, 0.3) is 5.91 Å². The molecule has 0 fully saturated rings. The molecule has 0 aliphatic rings. The molecule has 0 bridgehead atoms. The molecule has 0 aliphatic carbocycles. The van der Waals surface area contributed by atoms with Crippen molar-refractivity contribution < 1.29 is 4.79 Å². The number of aromatic nitrogens is 2. The second-order valence-electron chi connectivity index (χ2n) is 4.80. The number of amides is 1. The fourth-order valence-electron chi connectivity index (χ4n) is 1.97. The molecule has 0 radical (unpaired) electrons. The Morgan fingerprint density at radius 2 is 1.75 bits per heavy atom. The molecule has 5 nitrogen and oxygen atoms in total. The van der Waals surface area contributed by atoms with E-state index in [1.165, 1.54) is 12.4 Å². The Bertz CT molecular complexity index is 870. The van der Waals surface area contributed by atoms with Gasteiger partial charge in [0.05, 0.1) is 5.02 Å². The molecule has 0 saturated heterocycles. The largest absolute Gasteiger partial charge is 0.382 e. The zero-order valence-corrected chi connectivity index (χ0v) is 14.0. The molecule has 120 valence electrons. The minimum absolute atomic E-state index is 0.0981. The second-order valence-corrected chi connectivity index (χ2v) is 6.32. The van der Waals surface area contributed by atoms with E-state index in [4.69, 9.17) is 17.3 Å². The summed E-state index contributed by atoms with van der Waals surface area (Å²) in [6, 6.07) is 15.1. The van der Waals surface area contributed by atoms with Crippen molar-refractivity contribution in [3.05, 3.63) is 71.6 Å². The van der Waals surface area contributed by atoms with Crippen LogP contribution in [0.3, 0.4) is 0 Å². The summed E-state index contributed by atoms with van der Waals surface area (Å²) in [5, 5.41) is 3.45. The Morgan fingerprint density at radius 3 is 2.46 bits per heavy atom. The van der Waals surface area contributed by atoms with Gasteiger partial charge in [0.2, 0.25) is 0 Å². The number of carbonyl (C=O) groups is 1. The van der Waals surface area contributed by atoms with E-state index < -0.39 is 5.91 Å². The minimum atomic E-state index is -0.396. The normalized spacial score (nSPS) is 10.4. The number of anilines is 2. The summed E-state index contributed by atoms with van der Waals surface area (Å²) in [5.41, 5.74) is 6.40. The van der Waals surface area contributed by atoms with E-state index in [0.29, 0.717) is 10.7 Å². The van der Waals surface area contributed by atoms with Crippen LogP contribution in [0.5, 0.6) is 0 Å². The number of carbonyl (C=O) groups excluding carboxylic acids is 1. The van der Waals surface area contributed by atoms with Crippen LogP contribution in [0.15, 0.2) is 70.7 Å². The van der Waals surface area contributed by atoms with E-state index in [0.717, 1.165) is 9.79 Å². The molecule has 0 unspecified atom stereocenters. The van der Waals surface area contributed by atoms with Gasteiger partial charge in [-0.2, -0.15) is 0 Å². The molecule has 3 N–H and O–H groups in total. The van der Waals surface area contributed by atoms with Gasteiger partial charge >= 0.3 is 0 Å². The van der Waals surface area contributed by atoms with Crippen molar-refractivity contribution >= 4 is 40.8 Å². The fourth-order valence-corrected chi connectivity index (χ4v) is 3.06. The number of benzene rings is 2. The lowest BCUT2D eigenvalue weighted by molar-refractivity contribution is 0.102. The lowest BCUT2D eigenvalue weighted by Crippen LogP contribution is -2.16. The zero-order valence-electron chi connectivity index (χ0n) is 12.4. The number of nitrogens with one attached hydrogen (secondary N) is 1. The molecule has 0 spiro atoms. The van der Waals surface area contributed by atoms with Gasteiger partial charge in [-0.1, -0.05) is 35.5 Å². The van der Waals surface area contributed by atoms with Crippen molar-refractivity contribution in [2.24, 2.45) is 0 Å². The summed E-state index contributed by atoms with van der Waals surface area (Å²) < 4.78 is 0. The predicted molar refractivity (Wildman–Crippen MR) is 96.4 cm³/mol. The standard InChI is InChI=1S/C17H13ClN4OS/c18-13-3-1-2-4-14(13)24-12-7-5-11(6-8-12)22-17(23)15-16(19)21-10-9-20-15/h1-10H,(H2,19,21)(H,22,23). The molecule has 3 rings (SSSR count). The van der Waals surface area contributed by atoms with Crippen LogP contribution in [-0.2, 0) is 0 Å². The number of halogens is 1. The van der Waals surface area contributed by atoms with E-state index in [1.807, 2.05) is 48.5 Å². The number of hydrogen-bond acceptors (Lipinski definition) is 5. The second kappa shape index (κ2) is 7.33. The summed E-state index contributed by atoms with van der Waals surface area (Å²) in [4.78, 5) is 21.9. The van der Waals surface area contributed by atoms with Crippen molar-refractivity contribution in [2.75, 3.05) is 11.1 Å². The summed E-state index contributed by atoms with van der Waals surface area (Å²) in [5.74, 6) is -0.298. The lowest BCUT2D eigenvalue weighted by Gasteiger charge is -2.07. The highest BCUT2D eigenvalue weighted by molar-refractivity contribution is 7.99. The van der Waals surface area contributed by atoms with Gasteiger partial charge in [0.1, 0.15) is 0 Å². The SMILES string of the molecule is Nc1nccnc1C(=O)Nc1ccc(Sc2ccccc2Cl)cc1. The highest BCUT2D eigenvalue weighted by Gasteiger charge is 2.12. The van der Waals surface area contributed by atoms with Crippen molar-refractivity contribution in [3.8, 4) is 0 Å². The summed E-state index contributed by atoms with van der Waals surface area (Å²) in [6.07, 6.45) is 2.86. The van der Waals surface area contributed by atoms with E-state index in [1.54, 1.807) is 11.8 Å². The maximum absolute atomic E-state index is 12.1. The number of nitrogens with two attached hydrogens (primary N) is 1. The van der Waals surface area contributed by atoms with Crippen molar-refractivity contribution in [3.63, 3.8) is 0 Å². The van der Waals surface area contributed by atoms with Crippen LogP contribution < -0.4 is 11.1 Å². The van der Waals surface area contributed by atoms with Gasteiger partial charge in [-0.3, -0.25) is 4.79 Å². The first-order valence-electron chi connectivity index (χ1n) is 7.04. The van der Waals surface area contributed by atoms with Crippen LogP contribution in [0, 0.1) is 0 Å². The molecular formula is C17H13ClN4OS. The molecule has 1 amide bonds. The first-order valence-corrected chi connectivity index (χ1v) is 8.23. The zero-order chi connectivity index (χ0) is 16.9. The van der Waals surface area contributed by atoms with Crippen LogP contribution in [-0.4, -0.2) is 15.9 Å². The summed E-state index contributed by atoms with van der Waals surface area (Å²) in [7, 11) is 0. The average molecular weight is 357 g/mol. The lowest BCUT2D eigenvalue weighted by atomic mass is 10.3. The molecule has 2 aromatic carbocycles. The maximum Gasteiger partial charge on any atom is 0.278 e. The maximum atomic E-state index is 12.1. The van der Waals surface area contributed by atoms with Crippen LogP contribution in [0.2, 0.25) is 5.02 Å². The molecule has 0 aliphatic heterocycles. The number of rotatable bonds is 4. The predicted octanol–water partition coefficient (Wildman–Crippen LogP) is 4.12. The number of nitrogen functional groups attached to an aromatic ring is 1. The Morgan fingerprint density at radius 1 is 1.04 bits per heavy atom. The van der Waals surface area contributed by atoms with Gasteiger partial charge in [-0.05, 0) is 36.4 Å². The van der Waals surface area contributed by atoms with Crippen molar-refractivity contribution in [1.82, 2.24) is 9.97 Å². The Labute approximate surface area is 148 Å². The van der Waals surface area contributed by atoms with Gasteiger partial charge in [-0.15, -0.1) is 0 Å². The van der Waals surface area contributed by atoms with Gasteiger partial charge in [0.15, 0.2) is 11.5 Å². The first kappa shape index (κ1) is 16.3. The van der Waals surface area contributed by atoms with E-state index in [2.05, 4.69) is 15.3 Å². The van der Waals surface area contributed by atoms with Crippen LogP contribution in [0.1, 0.15) is 10.5 Å². The Balaban J connectivity index is 1.70. The highest BCUT2D eigenvalue weighted by Crippen LogP contribution is 2.33. The topological polar surface area (TPSA) is 80.9 Å². The molecular weight excluding hydrogens is 344 g/mol. The molecule has 0 atom stereocenters. The molecule has 1 heterocycles. The molecule has 7 heteroatoms. The third-order valence-electron chi connectivity index (χ3n) is 3.12. The van der Waals surface area contributed by atoms with Crippen molar-refractivity contribution in [1.29, 1.82) is 0 Å². The van der Waals surface area contributed by atoms with Crippen LogP contribution >= 0.6 is 23.4 Å². The molecule has 3 aromatic rings. The summed E-state index contributed by atoms with van der Waals surface area (Å²) in [6.45, 7) is 0. The van der Waals surface area contributed by atoms with Crippen molar-refractivity contribution in [2.45, 2.75) is 9.79 Å². The highest BCUT2D eigenvalue weighted by atomic mass is 35.5. The third-order valence-corrected chi connectivity index (χ3v) is 4.64. The first-order chi connectivity index (χ1) is 11.6. The summed E-state index contributed by atoms with van der Waals surface area (Å²) >= 11 is 7.71. The van der Waals surface area contributed by atoms with E-state index in [9.17, 15) is 4.79 Å². The van der Waals surface area contributed by atoms with E-state index >= 15 is 0 Å². The third kappa shape index (κ3) is 3.84. The fraction of sp³-hybridized carbons (Fsp3) is 0. The van der Waals surface area contributed by atoms with Gasteiger partial charge < -0.3 is 11.1 Å². The molecule has 24 heavy (non-hydrogen) atoms. The number of hydrogen-bond donors (Lipinski definition) is 2.